The van der Waals surface area contributed by atoms with Crippen molar-refractivity contribution in [2.75, 3.05) is 5.32 Å². The van der Waals surface area contributed by atoms with Crippen LogP contribution in [0.3, 0.4) is 0 Å². The minimum absolute atomic E-state index is 0.0977. The number of hydrogen-bond acceptors (Lipinski definition) is 2. The summed E-state index contributed by atoms with van der Waals surface area (Å²) in [7, 11) is 0. The molecule has 1 aliphatic heterocycles. The van der Waals surface area contributed by atoms with Gasteiger partial charge in [-0.05, 0) is 40.5 Å². The first kappa shape index (κ1) is 10.6. The molecule has 0 unspecified atom stereocenters. The summed E-state index contributed by atoms with van der Waals surface area (Å²) in [5.74, 6) is -0.170. The maximum absolute atomic E-state index is 13.1. The Hall–Kier alpha value is -0.900. The van der Waals surface area contributed by atoms with Gasteiger partial charge in [-0.1, -0.05) is 0 Å². The summed E-state index contributed by atoms with van der Waals surface area (Å²) in [6.07, 6.45) is 0.797. The number of fused-ring (bicyclic) bond motifs is 1. The average Bonchev–Trinajstić information content (AvgIpc) is 2.22. The molecule has 2 nitrogen and oxygen atoms in total. The van der Waals surface area contributed by atoms with E-state index in [-0.39, 0.29) is 17.6 Å². The summed E-state index contributed by atoms with van der Waals surface area (Å²) in [6.45, 7) is 1.95. The number of halogens is 2. The van der Waals surface area contributed by atoms with Crippen molar-refractivity contribution in [2.24, 2.45) is 0 Å². The Kier molecular flexibility index (Phi) is 2.78. The van der Waals surface area contributed by atoms with Gasteiger partial charge in [-0.25, -0.2) is 4.39 Å². The van der Waals surface area contributed by atoms with E-state index < -0.39 is 0 Å². The van der Waals surface area contributed by atoms with Gasteiger partial charge >= 0.3 is 0 Å². The molecule has 0 bridgehead atoms. The lowest BCUT2D eigenvalue weighted by molar-refractivity contribution is -0.118. The average molecular weight is 272 g/mol. The molecule has 0 saturated carbocycles. The van der Waals surface area contributed by atoms with Gasteiger partial charge in [0, 0.05) is 23.4 Å². The van der Waals surface area contributed by atoms with E-state index in [9.17, 15) is 9.18 Å². The number of Topliss-reactive ketones (excluding diaryl/α,β-unsaturated/α-hetero) is 1. The lowest BCUT2D eigenvalue weighted by Gasteiger charge is -2.14. The zero-order valence-corrected chi connectivity index (χ0v) is 9.90. The molecule has 80 valence electrons. The van der Waals surface area contributed by atoms with Gasteiger partial charge in [0.15, 0.2) is 0 Å². The van der Waals surface area contributed by atoms with Gasteiger partial charge < -0.3 is 5.32 Å². The first-order valence-electron chi connectivity index (χ1n) is 4.82. The predicted octanol–water partition coefficient (Wildman–Crippen LogP) is 2.90. The van der Waals surface area contributed by atoms with Crippen molar-refractivity contribution in [2.45, 2.75) is 25.8 Å². The Balaban J connectivity index is 2.50. The van der Waals surface area contributed by atoms with Gasteiger partial charge in [0.2, 0.25) is 0 Å². The summed E-state index contributed by atoms with van der Waals surface area (Å²) in [5.41, 5.74) is 1.57. The van der Waals surface area contributed by atoms with Crippen LogP contribution in [0.15, 0.2) is 16.6 Å². The zero-order chi connectivity index (χ0) is 11.0. The molecule has 0 aromatic heterocycles. The van der Waals surface area contributed by atoms with E-state index in [1.165, 1.54) is 12.1 Å². The Labute approximate surface area is 96.0 Å². The zero-order valence-electron chi connectivity index (χ0n) is 8.31. The molecule has 1 heterocycles. The molecule has 0 fully saturated rings. The van der Waals surface area contributed by atoms with Crippen LogP contribution in [0, 0.1) is 5.82 Å². The van der Waals surface area contributed by atoms with Crippen LogP contribution in [-0.2, 0) is 11.2 Å². The van der Waals surface area contributed by atoms with Crippen molar-refractivity contribution >= 4 is 27.4 Å². The normalized spacial score (nSPS) is 20.5. The van der Waals surface area contributed by atoms with Crippen LogP contribution in [0.4, 0.5) is 10.1 Å². The number of carbonyl (C=O) groups excluding carboxylic acids is 1. The molecule has 0 amide bonds. The third kappa shape index (κ3) is 2.20. The van der Waals surface area contributed by atoms with Crippen LogP contribution in [0.2, 0.25) is 0 Å². The molecule has 4 heteroatoms. The molecule has 0 radical (unpaired) electrons. The highest BCUT2D eigenvalue weighted by molar-refractivity contribution is 9.10. The summed E-state index contributed by atoms with van der Waals surface area (Å²) in [5, 5.41) is 3.21. The summed E-state index contributed by atoms with van der Waals surface area (Å²) in [4.78, 5) is 11.5. The van der Waals surface area contributed by atoms with Crippen LogP contribution >= 0.6 is 15.9 Å². The second-order valence-corrected chi connectivity index (χ2v) is 4.74. The van der Waals surface area contributed by atoms with Crippen LogP contribution in [0.25, 0.3) is 0 Å². The van der Waals surface area contributed by atoms with Crippen LogP contribution in [-0.4, -0.2) is 11.8 Å². The molecule has 0 spiro atoms. The van der Waals surface area contributed by atoms with Gasteiger partial charge in [0.05, 0.1) is 5.69 Å². The van der Waals surface area contributed by atoms with Crippen molar-refractivity contribution < 1.29 is 9.18 Å². The van der Waals surface area contributed by atoms with Crippen LogP contribution < -0.4 is 5.32 Å². The highest BCUT2D eigenvalue weighted by atomic mass is 79.9. The highest BCUT2D eigenvalue weighted by Gasteiger charge is 2.20. The fraction of sp³-hybridized carbons (Fsp3) is 0.364. The first-order valence-corrected chi connectivity index (χ1v) is 5.61. The fourth-order valence-corrected chi connectivity index (χ4v) is 2.44. The van der Waals surface area contributed by atoms with E-state index in [1.54, 1.807) is 0 Å². The Morgan fingerprint density at radius 1 is 1.53 bits per heavy atom. The van der Waals surface area contributed by atoms with Crippen molar-refractivity contribution in [1.82, 2.24) is 0 Å². The Morgan fingerprint density at radius 2 is 2.27 bits per heavy atom. The van der Waals surface area contributed by atoms with Crippen molar-refractivity contribution in [1.29, 1.82) is 0 Å². The van der Waals surface area contributed by atoms with Gasteiger partial charge in [-0.15, -0.1) is 0 Å². The van der Waals surface area contributed by atoms with Gasteiger partial charge in [0.1, 0.15) is 11.6 Å². The predicted molar refractivity (Wildman–Crippen MR) is 60.5 cm³/mol. The minimum atomic E-state index is -0.315. The second kappa shape index (κ2) is 3.93. The highest BCUT2D eigenvalue weighted by Crippen LogP contribution is 2.31. The SMILES string of the molecule is C[C@@H]1CC(=O)Cc2cc(F)cc(Br)c2N1. The summed E-state index contributed by atoms with van der Waals surface area (Å²) in [6, 6.07) is 2.93. The summed E-state index contributed by atoms with van der Waals surface area (Å²) >= 11 is 3.30. The standard InChI is InChI=1S/C11H11BrFNO/c1-6-2-9(15)4-7-3-8(13)5-10(12)11(7)14-6/h3,5-6,14H,2,4H2,1H3/t6-/m1/s1. The number of benzene rings is 1. The van der Waals surface area contributed by atoms with E-state index in [0.29, 0.717) is 17.3 Å². The fourth-order valence-electron chi connectivity index (χ4n) is 1.85. The van der Waals surface area contributed by atoms with Gasteiger partial charge in [0.25, 0.3) is 0 Å². The van der Waals surface area contributed by atoms with Crippen LogP contribution in [0.5, 0.6) is 0 Å². The maximum atomic E-state index is 13.1. The molecule has 0 saturated heterocycles. The largest absolute Gasteiger partial charge is 0.381 e. The maximum Gasteiger partial charge on any atom is 0.139 e. The van der Waals surface area contributed by atoms with Crippen molar-refractivity contribution in [3.05, 3.63) is 28.0 Å². The molecule has 1 atom stereocenters. The molecule has 1 N–H and O–H groups in total. The molecule has 0 aliphatic carbocycles. The number of ketones is 1. The van der Waals surface area contributed by atoms with Gasteiger partial charge in [-0.2, -0.15) is 0 Å². The van der Waals surface area contributed by atoms with E-state index >= 15 is 0 Å². The minimum Gasteiger partial charge on any atom is -0.381 e. The third-order valence-corrected chi connectivity index (χ3v) is 3.07. The molecular weight excluding hydrogens is 261 g/mol. The molecule has 2 rings (SSSR count). The topological polar surface area (TPSA) is 29.1 Å². The quantitative estimate of drug-likeness (QED) is 0.786. The first-order chi connectivity index (χ1) is 7.06. The number of anilines is 1. The number of nitrogens with one attached hydrogen (secondary N) is 1. The second-order valence-electron chi connectivity index (χ2n) is 3.89. The van der Waals surface area contributed by atoms with E-state index in [1.807, 2.05) is 6.92 Å². The molecule has 1 aliphatic rings. The Morgan fingerprint density at radius 3 is 3.00 bits per heavy atom. The number of carbonyl (C=O) groups is 1. The van der Waals surface area contributed by atoms with Gasteiger partial charge in [-0.3, -0.25) is 4.79 Å². The third-order valence-electron chi connectivity index (χ3n) is 2.45. The smallest absolute Gasteiger partial charge is 0.139 e. The molecule has 1 aromatic carbocycles. The van der Waals surface area contributed by atoms with E-state index in [4.69, 9.17) is 0 Å². The number of rotatable bonds is 0. The monoisotopic (exact) mass is 271 g/mol. The molecule has 15 heavy (non-hydrogen) atoms. The van der Waals surface area contributed by atoms with Crippen LogP contribution in [0.1, 0.15) is 18.9 Å². The number of hydrogen-bond donors (Lipinski definition) is 1. The molecular formula is C11H11BrFNO. The lowest BCUT2D eigenvalue weighted by atomic mass is 10.1. The van der Waals surface area contributed by atoms with E-state index in [2.05, 4.69) is 21.2 Å². The Bertz CT molecular complexity index is 419. The molecule has 1 aromatic rings. The van der Waals surface area contributed by atoms with E-state index in [0.717, 1.165) is 11.3 Å². The van der Waals surface area contributed by atoms with Crippen molar-refractivity contribution in [3.63, 3.8) is 0 Å². The summed E-state index contributed by atoms with van der Waals surface area (Å²) < 4.78 is 13.8. The van der Waals surface area contributed by atoms with Crippen molar-refractivity contribution in [3.8, 4) is 0 Å². The lowest BCUT2D eigenvalue weighted by Crippen LogP contribution is -2.16.